The number of benzene rings is 2. The van der Waals surface area contributed by atoms with Gasteiger partial charge in [-0.25, -0.2) is 8.42 Å². The number of aryl methyl sites for hydroxylation is 1. The number of fused-ring (bicyclic) bond motifs is 1. The normalized spacial score (nSPS) is 18.7. The summed E-state index contributed by atoms with van der Waals surface area (Å²) < 4.78 is 38.7. The van der Waals surface area contributed by atoms with Gasteiger partial charge < -0.3 is 14.8 Å². The molecule has 160 valence electrons. The number of rotatable bonds is 7. The van der Waals surface area contributed by atoms with Crippen LogP contribution in [0.15, 0.2) is 53.4 Å². The van der Waals surface area contributed by atoms with Crippen molar-refractivity contribution in [2.24, 2.45) is 0 Å². The summed E-state index contributed by atoms with van der Waals surface area (Å²) in [6, 6.07) is 13.8. The van der Waals surface area contributed by atoms with Crippen LogP contribution >= 0.6 is 0 Å². The number of amides is 1. The molecule has 0 spiro atoms. The van der Waals surface area contributed by atoms with Crippen LogP contribution in [0, 0.1) is 0 Å². The van der Waals surface area contributed by atoms with Gasteiger partial charge in [-0.3, -0.25) is 9.10 Å². The fraction of sp³-hybridized carbons (Fsp3) is 0.409. The molecule has 4 rings (SSSR count). The standard InChI is InChI=1S/C22H26N2O5S/c25-22(23-15-19-7-4-14-28-19)16-29-18-9-11-20(12-10-18)30(26,27)24-13-3-6-17-5-1-2-8-21(17)24/h1-2,5,8-12,19H,3-4,6-7,13-16H2,(H,23,25). The van der Waals surface area contributed by atoms with Crippen molar-refractivity contribution in [3.05, 3.63) is 54.1 Å². The summed E-state index contributed by atoms with van der Waals surface area (Å²) in [6.45, 7) is 1.56. The third-order valence-electron chi connectivity index (χ3n) is 5.40. The lowest BCUT2D eigenvalue weighted by Gasteiger charge is -2.30. The third-order valence-corrected chi connectivity index (χ3v) is 7.23. The number of para-hydroxylation sites is 1. The van der Waals surface area contributed by atoms with Gasteiger partial charge in [-0.15, -0.1) is 0 Å². The second kappa shape index (κ2) is 9.06. The Bertz CT molecular complexity index is 985. The number of carbonyl (C=O) groups is 1. The van der Waals surface area contributed by atoms with Gasteiger partial charge in [0.05, 0.1) is 16.7 Å². The number of carbonyl (C=O) groups excluding carboxylic acids is 1. The molecule has 7 nitrogen and oxygen atoms in total. The molecule has 1 amide bonds. The summed E-state index contributed by atoms with van der Waals surface area (Å²) in [6.07, 6.45) is 3.73. The van der Waals surface area contributed by atoms with Crippen LogP contribution in [0.1, 0.15) is 24.8 Å². The van der Waals surface area contributed by atoms with Crippen LogP contribution in [0.2, 0.25) is 0 Å². The van der Waals surface area contributed by atoms with E-state index in [1.807, 2.05) is 24.3 Å². The molecule has 30 heavy (non-hydrogen) atoms. The lowest BCUT2D eigenvalue weighted by Crippen LogP contribution is -2.35. The van der Waals surface area contributed by atoms with E-state index in [0.717, 1.165) is 43.5 Å². The molecule has 2 aliphatic heterocycles. The SMILES string of the molecule is O=C(COc1ccc(S(=O)(=O)N2CCCc3ccccc32)cc1)NCC1CCCO1. The molecule has 1 N–H and O–H groups in total. The number of ether oxygens (including phenoxy) is 2. The van der Waals surface area contributed by atoms with E-state index in [4.69, 9.17) is 9.47 Å². The number of hydrogen-bond acceptors (Lipinski definition) is 5. The highest BCUT2D eigenvalue weighted by atomic mass is 32.2. The molecule has 2 heterocycles. The summed E-state index contributed by atoms with van der Waals surface area (Å²) in [7, 11) is -3.66. The Morgan fingerprint density at radius 3 is 2.70 bits per heavy atom. The molecule has 0 saturated carbocycles. The van der Waals surface area contributed by atoms with Gasteiger partial charge in [-0.05, 0) is 61.6 Å². The van der Waals surface area contributed by atoms with Crippen LogP contribution in [0.5, 0.6) is 5.75 Å². The van der Waals surface area contributed by atoms with Crippen molar-refractivity contribution >= 4 is 21.6 Å². The molecular weight excluding hydrogens is 404 g/mol. The first-order chi connectivity index (χ1) is 14.5. The first-order valence-electron chi connectivity index (χ1n) is 10.3. The maximum Gasteiger partial charge on any atom is 0.264 e. The van der Waals surface area contributed by atoms with Crippen LogP contribution in [0.25, 0.3) is 0 Å². The van der Waals surface area contributed by atoms with E-state index in [1.165, 1.54) is 16.4 Å². The highest BCUT2D eigenvalue weighted by Crippen LogP contribution is 2.32. The van der Waals surface area contributed by atoms with Crippen LogP contribution < -0.4 is 14.4 Å². The van der Waals surface area contributed by atoms with Crippen molar-refractivity contribution in [2.75, 3.05) is 30.6 Å². The zero-order chi connectivity index (χ0) is 21.0. The van der Waals surface area contributed by atoms with Crippen molar-refractivity contribution in [1.82, 2.24) is 5.32 Å². The van der Waals surface area contributed by atoms with Crippen molar-refractivity contribution < 1.29 is 22.7 Å². The molecule has 0 aliphatic carbocycles. The average molecular weight is 431 g/mol. The number of nitrogens with zero attached hydrogens (tertiary/aromatic N) is 1. The molecule has 8 heteroatoms. The second-order valence-electron chi connectivity index (χ2n) is 7.51. The minimum atomic E-state index is -3.66. The Balaban J connectivity index is 1.36. The third kappa shape index (κ3) is 4.60. The number of sulfonamides is 1. The highest BCUT2D eigenvalue weighted by molar-refractivity contribution is 7.92. The molecule has 1 unspecified atom stereocenters. The van der Waals surface area contributed by atoms with E-state index in [2.05, 4.69) is 5.32 Å². The van der Waals surface area contributed by atoms with E-state index in [1.54, 1.807) is 12.1 Å². The van der Waals surface area contributed by atoms with Crippen LogP contribution in [0.3, 0.4) is 0 Å². The first-order valence-corrected chi connectivity index (χ1v) is 11.7. The average Bonchev–Trinajstić information content (AvgIpc) is 3.30. The Kier molecular flexibility index (Phi) is 6.24. The predicted octanol–water partition coefficient (Wildman–Crippen LogP) is 2.50. The maximum absolute atomic E-state index is 13.1. The largest absolute Gasteiger partial charge is 0.484 e. The molecule has 1 fully saturated rings. The number of nitrogens with one attached hydrogen (secondary N) is 1. The Morgan fingerprint density at radius 2 is 1.93 bits per heavy atom. The van der Waals surface area contributed by atoms with E-state index >= 15 is 0 Å². The van der Waals surface area contributed by atoms with Gasteiger partial charge in [-0.2, -0.15) is 0 Å². The van der Waals surface area contributed by atoms with Crippen LogP contribution in [-0.2, 0) is 26.0 Å². The van der Waals surface area contributed by atoms with Crippen molar-refractivity contribution in [1.29, 1.82) is 0 Å². The van der Waals surface area contributed by atoms with E-state index in [9.17, 15) is 13.2 Å². The second-order valence-corrected chi connectivity index (χ2v) is 9.37. The Morgan fingerprint density at radius 1 is 1.13 bits per heavy atom. The summed E-state index contributed by atoms with van der Waals surface area (Å²) in [5, 5.41) is 2.79. The minimum absolute atomic E-state index is 0.0818. The fourth-order valence-corrected chi connectivity index (χ4v) is 5.36. The van der Waals surface area contributed by atoms with Crippen molar-refractivity contribution in [3.8, 4) is 5.75 Å². The molecule has 2 aliphatic rings. The van der Waals surface area contributed by atoms with Crippen LogP contribution in [-0.4, -0.2) is 46.7 Å². The van der Waals surface area contributed by atoms with Gasteiger partial charge in [0.15, 0.2) is 6.61 Å². The molecular formula is C22H26N2O5S. The minimum Gasteiger partial charge on any atom is -0.484 e. The molecule has 0 aromatic heterocycles. The lowest BCUT2D eigenvalue weighted by molar-refractivity contribution is -0.123. The summed E-state index contributed by atoms with van der Waals surface area (Å²) >= 11 is 0. The Labute approximate surface area is 177 Å². The summed E-state index contributed by atoms with van der Waals surface area (Å²) in [5.41, 5.74) is 1.79. The Hall–Kier alpha value is -2.58. The molecule has 2 aromatic carbocycles. The predicted molar refractivity (Wildman–Crippen MR) is 113 cm³/mol. The molecule has 0 bridgehead atoms. The maximum atomic E-state index is 13.1. The van der Waals surface area contributed by atoms with Gasteiger partial charge in [0, 0.05) is 19.7 Å². The number of anilines is 1. The van der Waals surface area contributed by atoms with Gasteiger partial charge in [0.25, 0.3) is 15.9 Å². The van der Waals surface area contributed by atoms with E-state index < -0.39 is 10.0 Å². The zero-order valence-electron chi connectivity index (χ0n) is 16.7. The van der Waals surface area contributed by atoms with Crippen LogP contribution in [0.4, 0.5) is 5.69 Å². The monoisotopic (exact) mass is 430 g/mol. The first kappa shape index (κ1) is 20.7. The highest BCUT2D eigenvalue weighted by Gasteiger charge is 2.28. The van der Waals surface area contributed by atoms with Gasteiger partial charge >= 0.3 is 0 Å². The van der Waals surface area contributed by atoms with E-state index in [0.29, 0.717) is 18.8 Å². The molecule has 1 saturated heterocycles. The quantitative estimate of drug-likeness (QED) is 0.730. The van der Waals surface area contributed by atoms with Gasteiger partial charge in [0.2, 0.25) is 0 Å². The summed E-state index contributed by atoms with van der Waals surface area (Å²) in [5.74, 6) is 0.215. The zero-order valence-corrected chi connectivity index (χ0v) is 17.6. The van der Waals surface area contributed by atoms with Crippen molar-refractivity contribution in [2.45, 2.75) is 36.7 Å². The topological polar surface area (TPSA) is 84.9 Å². The molecule has 0 radical (unpaired) electrons. The smallest absolute Gasteiger partial charge is 0.264 e. The number of hydrogen-bond donors (Lipinski definition) is 1. The van der Waals surface area contributed by atoms with Crippen molar-refractivity contribution in [3.63, 3.8) is 0 Å². The summed E-state index contributed by atoms with van der Waals surface area (Å²) in [4.78, 5) is 12.1. The van der Waals surface area contributed by atoms with E-state index in [-0.39, 0.29) is 23.5 Å². The fourth-order valence-electron chi connectivity index (χ4n) is 3.82. The molecule has 1 atom stereocenters. The van der Waals surface area contributed by atoms with Gasteiger partial charge in [0.1, 0.15) is 5.75 Å². The lowest BCUT2D eigenvalue weighted by atomic mass is 10.0. The van der Waals surface area contributed by atoms with Gasteiger partial charge in [-0.1, -0.05) is 18.2 Å². The molecule has 2 aromatic rings.